The summed E-state index contributed by atoms with van der Waals surface area (Å²) in [6.45, 7) is 3.59. The minimum absolute atomic E-state index is 0.0556. The molecule has 0 aliphatic heterocycles. The molecule has 3 nitrogen and oxygen atoms in total. The Hall–Kier alpha value is -1.94. The standard InChI is InChI=1S/C17H19NO2S/c1-12-4-9-17(20-3)14(10-12)11-21-16-7-5-15(6-8-16)18-13(2)19/h4-10H,11H2,1-3H3,(H,18,19). The van der Waals surface area contributed by atoms with E-state index in [-0.39, 0.29) is 5.91 Å². The summed E-state index contributed by atoms with van der Waals surface area (Å²) in [5.41, 5.74) is 3.24. The Labute approximate surface area is 129 Å². The van der Waals surface area contributed by atoms with E-state index in [1.54, 1.807) is 18.9 Å². The van der Waals surface area contributed by atoms with Crippen molar-refractivity contribution in [3.05, 3.63) is 53.6 Å². The second-order valence-electron chi connectivity index (χ2n) is 4.81. The second kappa shape index (κ2) is 7.18. The fourth-order valence-electron chi connectivity index (χ4n) is 2.02. The number of methoxy groups -OCH3 is 1. The molecule has 0 unspecified atom stereocenters. The van der Waals surface area contributed by atoms with Gasteiger partial charge in [-0.2, -0.15) is 0 Å². The smallest absolute Gasteiger partial charge is 0.221 e. The Balaban J connectivity index is 2.03. The zero-order valence-electron chi connectivity index (χ0n) is 12.5. The highest BCUT2D eigenvalue weighted by Gasteiger charge is 2.04. The number of amides is 1. The Morgan fingerprint density at radius 1 is 1.19 bits per heavy atom. The van der Waals surface area contributed by atoms with Gasteiger partial charge >= 0.3 is 0 Å². The van der Waals surface area contributed by atoms with E-state index in [1.165, 1.54) is 18.1 Å². The highest BCUT2D eigenvalue weighted by molar-refractivity contribution is 7.98. The molecule has 0 aliphatic rings. The monoisotopic (exact) mass is 301 g/mol. The maximum Gasteiger partial charge on any atom is 0.221 e. The first-order valence-corrected chi connectivity index (χ1v) is 7.71. The summed E-state index contributed by atoms with van der Waals surface area (Å²) >= 11 is 1.75. The predicted molar refractivity (Wildman–Crippen MR) is 88.0 cm³/mol. The van der Waals surface area contributed by atoms with Crippen molar-refractivity contribution in [3.8, 4) is 5.75 Å². The molecule has 0 atom stereocenters. The summed E-state index contributed by atoms with van der Waals surface area (Å²) < 4.78 is 5.39. The number of ether oxygens (including phenoxy) is 1. The van der Waals surface area contributed by atoms with Gasteiger partial charge in [-0.3, -0.25) is 4.79 Å². The van der Waals surface area contributed by atoms with Crippen LogP contribution in [0, 0.1) is 6.92 Å². The fourth-order valence-corrected chi connectivity index (χ4v) is 2.90. The van der Waals surface area contributed by atoms with Crippen molar-refractivity contribution in [3.63, 3.8) is 0 Å². The zero-order valence-corrected chi connectivity index (χ0v) is 13.3. The molecular weight excluding hydrogens is 282 g/mol. The van der Waals surface area contributed by atoms with Crippen molar-refractivity contribution in [1.82, 2.24) is 0 Å². The van der Waals surface area contributed by atoms with E-state index >= 15 is 0 Å². The van der Waals surface area contributed by atoms with Gasteiger partial charge in [0, 0.05) is 28.8 Å². The summed E-state index contributed by atoms with van der Waals surface area (Å²) in [7, 11) is 1.70. The summed E-state index contributed by atoms with van der Waals surface area (Å²) in [5.74, 6) is 1.72. The first-order valence-electron chi connectivity index (χ1n) is 6.72. The molecule has 0 aliphatic carbocycles. The lowest BCUT2D eigenvalue weighted by Crippen LogP contribution is -2.05. The first-order chi connectivity index (χ1) is 10.1. The number of rotatable bonds is 5. The average Bonchev–Trinajstić information content (AvgIpc) is 2.46. The molecule has 0 fully saturated rings. The van der Waals surface area contributed by atoms with Gasteiger partial charge in [-0.25, -0.2) is 0 Å². The number of carbonyl (C=O) groups excluding carboxylic acids is 1. The summed E-state index contributed by atoms with van der Waals surface area (Å²) in [5, 5.41) is 2.76. The lowest BCUT2D eigenvalue weighted by Gasteiger charge is -2.09. The Bertz CT molecular complexity index is 623. The second-order valence-corrected chi connectivity index (χ2v) is 5.86. The lowest BCUT2D eigenvalue weighted by atomic mass is 10.1. The van der Waals surface area contributed by atoms with Crippen LogP contribution in [0.3, 0.4) is 0 Å². The van der Waals surface area contributed by atoms with E-state index in [2.05, 4.69) is 24.4 Å². The van der Waals surface area contributed by atoms with E-state index < -0.39 is 0 Å². The van der Waals surface area contributed by atoms with Crippen molar-refractivity contribution in [2.45, 2.75) is 24.5 Å². The number of anilines is 1. The van der Waals surface area contributed by atoms with Crippen LogP contribution in [-0.2, 0) is 10.5 Å². The molecule has 21 heavy (non-hydrogen) atoms. The van der Waals surface area contributed by atoms with E-state index in [1.807, 2.05) is 30.3 Å². The van der Waals surface area contributed by atoms with Crippen molar-refractivity contribution in [1.29, 1.82) is 0 Å². The molecule has 2 aromatic carbocycles. The van der Waals surface area contributed by atoms with E-state index in [0.29, 0.717) is 0 Å². The van der Waals surface area contributed by atoms with E-state index in [4.69, 9.17) is 4.74 Å². The van der Waals surface area contributed by atoms with Crippen LogP contribution in [0.25, 0.3) is 0 Å². The van der Waals surface area contributed by atoms with Gasteiger partial charge in [0.25, 0.3) is 0 Å². The van der Waals surface area contributed by atoms with Gasteiger partial charge in [0.2, 0.25) is 5.91 Å². The molecule has 0 saturated carbocycles. The zero-order chi connectivity index (χ0) is 15.2. The Morgan fingerprint density at radius 2 is 1.90 bits per heavy atom. The fraction of sp³-hybridized carbons (Fsp3) is 0.235. The van der Waals surface area contributed by atoms with Gasteiger partial charge in [-0.05, 0) is 37.3 Å². The summed E-state index contributed by atoms with van der Waals surface area (Å²) in [6.07, 6.45) is 0. The Morgan fingerprint density at radius 3 is 2.52 bits per heavy atom. The molecule has 0 aromatic heterocycles. The van der Waals surface area contributed by atoms with Crippen LogP contribution in [-0.4, -0.2) is 13.0 Å². The molecule has 0 bridgehead atoms. The number of aryl methyl sites for hydroxylation is 1. The number of carbonyl (C=O) groups is 1. The molecule has 0 spiro atoms. The SMILES string of the molecule is COc1ccc(C)cc1CSc1ccc(NC(C)=O)cc1. The number of hydrogen-bond donors (Lipinski definition) is 1. The van der Waals surface area contributed by atoms with Gasteiger partial charge in [-0.15, -0.1) is 11.8 Å². The summed E-state index contributed by atoms with van der Waals surface area (Å²) in [4.78, 5) is 12.1. The van der Waals surface area contributed by atoms with Crippen LogP contribution in [0.1, 0.15) is 18.1 Å². The molecule has 0 radical (unpaired) electrons. The average molecular weight is 301 g/mol. The molecular formula is C17H19NO2S. The largest absolute Gasteiger partial charge is 0.496 e. The number of hydrogen-bond acceptors (Lipinski definition) is 3. The normalized spacial score (nSPS) is 10.2. The van der Waals surface area contributed by atoms with Gasteiger partial charge in [0.05, 0.1) is 7.11 Å². The van der Waals surface area contributed by atoms with Crippen molar-refractivity contribution in [2.24, 2.45) is 0 Å². The molecule has 0 saturated heterocycles. The Kier molecular flexibility index (Phi) is 5.28. The maximum absolute atomic E-state index is 11.0. The van der Waals surface area contributed by atoms with Crippen LogP contribution in [0.5, 0.6) is 5.75 Å². The predicted octanol–water partition coefficient (Wildman–Crippen LogP) is 4.25. The van der Waals surface area contributed by atoms with Gasteiger partial charge in [0.1, 0.15) is 5.75 Å². The van der Waals surface area contributed by atoms with Crippen LogP contribution in [0.4, 0.5) is 5.69 Å². The number of thioether (sulfide) groups is 1. The third-order valence-electron chi connectivity index (χ3n) is 3.00. The molecule has 0 heterocycles. The number of benzene rings is 2. The van der Waals surface area contributed by atoms with Crippen molar-refractivity contribution >= 4 is 23.4 Å². The minimum atomic E-state index is -0.0556. The molecule has 2 rings (SSSR count). The molecule has 1 N–H and O–H groups in total. The third kappa shape index (κ3) is 4.53. The van der Waals surface area contributed by atoms with E-state index in [0.717, 1.165) is 22.1 Å². The van der Waals surface area contributed by atoms with Gasteiger partial charge < -0.3 is 10.1 Å². The lowest BCUT2D eigenvalue weighted by molar-refractivity contribution is -0.114. The van der Waals surface area contributed by atoms with Gasteiger partial charge in [0.15, 0.2) is 0 Å². The summed E-state index contributed by atoms with van der Waals surface area (Å²) in [6, 6.07) is 14.1. The quantitative estimate of drug-likeness (QED) is 0.839. The highest BCUT2D eigenvalue weighted by Crippen LogP contribution is 2.29. The minimum Gasteiger partial charge on any atom is -0.496 e. The maximum atomic E-state index is 11.0. The molecule has 110 valence electrons. The number of nitrogens with one attached hydrogen (secondary N) is 1. The van der Waals surface area contributed by atoms with Crippen LogP contribution in [0.15, 0.2) is 47.4 Å². The third-order valence-corrected chi connectivity index (χ3v) is 4.07. The molecule has 4 heteroatoms. The highest BCUT2D eigenvalue weighted by atomic mass is 32.2. The van der Waals surface area contributed by atoms with Gasteiger partial charge in [-0.1, -0.05) is 17.7 Å². The molecule has 2 aromatic rings. The first kappa shape index (κ1) is 15.4. The van der Waals surface area contributed by atoms with Crippen molar-refractivity contribution < 1.29 is 9.53 Å². The van der Waals surface area contributed by atoms with Crippen LogP contribution in [0.2, 0.25) is 0 Å². The van der Waals surface area contributed by atoms with E-state index in [9.17, 15) is 4.79 Å². The molecule has 1 amide bonds. The topological polar surface area (TPSA) is 38.3 Å². The van der Waals surface area contributed by atoms with Crippen LogP contribution < -0.4 is 10.1 Å². The van der Waals surface area contributed by atoms with Crippen LogP contribution >= 0.6 is 11.8 Å². The van der Waals surface area contributed by atoms with Crippen molar-refractivity contribution in [2.75, 3.05) is 12.4 Å².